The zero-order valence-electron chi connectivity index (χ0n) is 19.1. The van der Waals surface area contributed by atoms with E-state index in [9.17, 15) is 14.7 Å². The van der Waals surface area contributed by atoms with Gasteiger partial charge in [-0.25, -0.2) is 4.79 Å². The van der Waals surface area contributed by atoms with Crippen molar-refractivity contribution in [2.24, 2.45) is 5.41 Å². The zero-order chi connectivity index (χ0) is 22.2. The summed E-state index contributed by atoms with van der Waals surface area (Å²) >= 11 is 0. The molecule has 6 nitrogen and oxygen atoms in total. The molecule has 1 saturated heterocycles. The Morgan fingerprint density at radius 3 is 2.17 bits per heavy atom. The Hall–Kier alpha value is -2.08. The van der Waals surface area contributed by atoms with Gasteiger partial charge in [0.25, 0.3) is 0 Å². The van der Waals surface area contributed by atoms with E-state index in [-0.39, 0.29) is 17.4 Å². The second-order valence-corrected chi connectivity index (χ2v) is 10.0. The molecule has 0 unspecified atom stereocenters. The van der Waals surface area contributed by atoms with Crippen molar-refractivity contribution in [2.75, 3.05) is 20.2 Å². The van der Waals surface area contributed by atoms with Crippen molar-refractivity contribution in [2.45, 2.75) is 72.0 Å². The number of benzene rings is 1. The summed E-state index contributed by atoms with van der Waals surface area (Å²) in [6.07, 6.45) is -0.857. The third kappa shape index (κ3) is 4.42. The molecular weight excluding hydrogens is 368 g/mol. The second-order valence-electron chi connectivity index (χ2n) is 10.0. The number of carbonyl (C=O) groups is 2. The molecular formula is C23H36N2O4. The highest BCUT2D eigenvalue weighted by Crippen LogP contribution is 2.40. The van der Waals surface area contributed by atoms with Gasteiger partial charge in [0.2, 0.25) is 0 Å². The van der Waals surface area contributed by atoms with Crippen molar-refractivity contribution in [3.63, 3.8) is 0 Å². The first-order valence-electron chi connectivity index (χ1n) is 10.2. The molecule has 1 aromatic carbocycles. The normalized spacial score (nSPS) is 23.7. The number of hydrogen-bond donors (Lipinski definition) is 1. The molecule has 1 N–H and O–H groups in total. The summed E-state index contributed by atoms with van der Waals surface area (Å²) in [5.41, 5.74) is 0.661. The van der Waals surface area contributed by atoms with Gasteiger partial charge < -0.3 is 9.84 Å². The first-order valence-corrected chi connectivity index (χ1v) is 10.2. The average molecular weight is 405 g/mol. The van der Waals surface area contributed by atoms with Crippen LogP contribution in [-0.4, -0.2) is 58.7 Å². The van der Waals surface area contributed by atoms with E-state index in [1.165, 1.54) is 7.11 Å². The van der Waals surface area contributed by atoms with Crippen molar-refractivity contribution in [3.8, 4) is 0 Å². The number of rotatable bonds is 4. The molecule has 29 heavy (non-hydrogen) atoms. The van der Waals surface area contributed by atoms with Crippen LogP contribution in [0.25, 0.3) is 0 Å². The topological polar surface area (TPSA) is 70.1 Å². The number of piperazine rings is 1. The van der Waals surface area contributed by atoms with Gasteiger partial charge in [-0.05, 0) is 44.2 Å². The van der Waals surface area contributed by atoms with Crippen molar-refractivity contribution < 1.29 is 19.4 Å². The van der Waals surface area contributed by atoms with E-state index in [1.807, 2.05) is 52.0 Å². The highest BCUT2D eigenvalue weighted by Gasteiger charge is 2.51. The first kappa shape index (κ1) is 23.2. The lowest BCUT2D eigenvalue weighted by Crippen LogP contribution is -2.70. The Kier molecular flexibility index (Phi) is 6.38. The number of methoxy groups -OCH3 is 1. The van der Waals surface area contributed by atoms with Crippen LogP contribution in [0, 0.1) is 5.41 Å². The number of amides is 1. The van der Waals surface area contributed by atoms with E-state index in [4.69, 9.17) is 4.74 Å². The second kappa shape index (κ2) is 7.98. The summed E-state index contributed by atoms with van der Waals surface area (Å²) in [4.78, 5) is 28.0. The minimum Gasteiger partial charge on any atom is -0.468 e. The molecule has 2 rings (SSSR count). The van der Waals surface area contributed by atoms with Crippen LogP contribution in [0.4, 0.5) is 4.79 Å². The standard InChI is InChI=1S/C23H36N2O4/c1-16-13-24(15-23(7,21(2,3)4)25(16)20(27)28)14-17-9-11-18(12-10-17)22(5,6)19(26)29-8/h9-12,16H,13-15H2,1-8H3,(H,27,28)/t16-,23-/m0/s1. The lowest BCUT2D eigenvalue weighted by molar-refractivity contribution is -0.146. The van der Waals surface area contributed by atoms with Crippen LogP contribution in [-0.2, 0) is 21.5 Å². The first-order chi connectivity index (χ1) is 13.2. The molecule has 6 heteroatoms. The van der Waals surface area contributed by atoms with E-state index >= 15 is 0 Å². The van der Waals surface area contributed by atoms with Gasteiger partial charge in [0.15, 0.2) is 0 Å². The van der Waals surface area contributed by atoms with E-state index < -0.39 is 17.0 Å². The van der Waals surface area contributed by atoms with Crippen LogP contribution in [0.2, 0.25) is 0 Å². The Bertz CT molecular complexity index is 751. The maximum absolute atomic E-state index is 12.0. The molecule has 1 aliphatic heterocycles. The van der Waals surface area contributed by atoms with Crippen molar-refractivity contribution in [3.05, 3.63) is 35.4 Å². The molecule has 0 aromatic heterocycles. The average Bonchev–Trinajstić information content (AvgIpc) is 2.59. The van der Waals surface area contributed by atoms with E-state index in [0.717, 1.165) is 17.7 Å². The number of nitrogens with zero attached hydrogens (tertiary/aromatic N) is 2. The summed E-state index contributed by atoms with van der Waals surface area (Å²) in [5, 5.41) is 9.83. The third-order valence-electron chi connectivity index (χ3n) is 6.63. The number of esters is 1. The summed E-state index contributed by atoms with van der Waals surface area (Å²) in [7, 11) is 1.41. The SMILES string of the molecule is COC(=O)C(C)(C)c1ccc(CN2C[C@H](C)N(C(=O)O)[C@](C)(C(C)(C)C)C2)cc1. The molecule has 0 saturated carbocycles. The van der Waals surface area contributed by atoms with Gasteiger partial charge in [0.05, 0.1) is 18.1 Å². The predicted molar refractivity (Wildman–Crippen MR) is 114 cm³/mol. The van der Waals surface area contributed by atoms with Gasteiger partial charge >= 0.3 is 12.1 Å². The van der Waals surface area contributed by atoms with Crippen LogP contribution in [0.1, 0.15) is 59.6 Å². The number of hydrogen-bond acceptors (Lipinski definition) is 4. The lowest BCUT2D eigenvalue weighted by Gasteiger charge is -2.57. The Balaban J connectivity index is 2.23. The number of carboxylic acid groups (broad SMARTS) is 1. The Morgan fingerprint density at radius 2 is 1.72 bits per heavy atom. The fourth-order valence-corrected chi connectivity index (χ4v) is 4.29. The van der Waals surface area contributed by atoms with E-state index in [2.05, 4.69) is 25.7 Å². The van der Waals surface area contributed by atoms with Gasteiger partial charge in [-0.3, -0.25) is 14.6 Å². The number of carbonyl (C=O) groups excluding carboxylic acids is 1. The van der Waals surface area contributed by atoms with Crippen LogP contribution in [0.5, 0.6) is 0 Å². The summed E-state index contributed by atoms with van der Waals surface area (Å²) in [5.74, 6) is -0.259. The van der Waals surface area contributed by atoms with Crippen LogP contribution in [0.3, 0.4) is 0 Å². The molecule has 1 aromatic rings. The van der Waals surface area contributed by atoms with Crippen LogP contribution < -0.4 is 0 Å². The van der Waals surface area contributed by atoms with Gasteiger partial charge in [0.1, 0.15) is 0 Å². The summed E-state index contributed by atoms with van der Waals surface area (Å²) in [6.45, 7) is 16.1. The van der Waals surface area contributed by atoms with Gasteiger partial charge in [-0.1, -0.05) is 45.0 Å². The molecule has 1 heterocycles. The largest absolute Gasteiger partial charge is 0.468 e. The molecule has 0 radical (unpaired) electrons. The van der Waals surface area contributed by atoms with Gasteiger partial charge in [0, 0.05) is 25.7 Å². The summed E-state index contributed by atoms with van der Waals surface area (Å²) in [6, 6.07) is 7.95. The fraction of sp³-hybridized carbons (Fsp3) is 0.652. The maximum atomic E-state index is 12.0. The van der Waals surface area contributed by atoms with Gasteiger partial charge in [-0.2, -0.15) is 0 Å². The molecule has 0 aliphatic carbocycles. The van der Waals surface area contributed by atoms with E-state index in [1.54, 1.807) is 4.90 Å². The van der Waals surface area contributed by atoms with Crippen LogP contribution in [0.15, 0.2) is 24.3 Å². The highest BCUT2D eigenvalue weighted by molar-refractivity contribution is 5.82. The highest BCUT2D eigenvalue weighted by atomic mass is 16.5. The smallest absolute Gasteiger partial charge is 0.408 e. The minimum atomic E-state index is -0.857. The molecule has 1 aliphatic rings. The van der Waals surface area contributed by atoms with Crippen LogP contribution >= 0.6 is 0 Å². The Labute approximate surface area is 174 Å². The van der Waals surface area contributed by atoms with E-state index in [0.29, 0.717) is 13.1 Å². The predicted octanol–water partition coefficient (Wildman–Crippen LogP) is 4.13. The van der Waals surface area contributed by atoms with Crippen molar-refractivity contribution >= 4 is 12.1 Å². The molecule has 1 fully saturated rings. The fourth-order valence-electron chi connectivity index (χ4n) is 4.29. The maximum Gasteiger partial charge on any atom is 0.408 e. The molecule has 0 bridgehead atoms. The van der Waals surface area contributed by atoms with Gasteiger partial charge in [-0.15, -0.1) is 0 Å². The minimum absolute atomic E-state index is 0.0944. The molecule has 0 spiro atoms. The third-order valence-corrected chi connectivity index (χ3v) is 6.63. The molecule has 1 amide bonds. The van der Waals surface area contributed by atoms with Crippen molar-refractivity contribution in [1.82, 2.24) is 9.80 Å². The number of ether oxygens (including phenoxy) is 1. The Morgan fingerprint density at radius 1 is 1.17 bits per heavy atom. The summed E-state index contributed by atoms with van der Waals surface area (Å²) < 4.78 is 4.92. The zero-order valence-corrected chi connectivity index (χ0v) is 19.1. The lowest BCUT2D eigenvalue weighted by atomic mass is 9.71. The molecule has 2 atom stereocenters. The molecule has 162 valence electrons. The van der Waals surface area contributed by atoms with Crippen molar-refractivity contribution in [1.29, 1.82) is 0 Å². The quantitative estimate of drug-likeness (QED) is 0.764. The monoisotopic (exact) mass is 404 g/mol.